The maximum atomic E-state index is 12.6. The topological polar surface area (TPSA) is 26.3 Å². The third kappa shape index (κ3) is 6.72. The van der Waals surface area contributed by atoms with Crippen molar-refractivity contribution in [2.45, 2.75) is 84.5 Å². The van der Waals surface area contributed by atoms with Crippen LogP contribution in [0.25, 0.3) is 11.1 Å². The van der Waals surface area contributed by atoms with Gasteiger partial charge in [0, 0.05) is 0 Å². The fraction of sp³-hybridized carbons (Fsp3) is 0.536. The Morgan fingerprint density at radius 2 is 1.40 bits per heavy atom. The molecule has 1 saturated carbocycles. The molecule has 0 radical (unpaired) electrons. The maximum absolute atomic E-state index is 12.6. The molecule has 0 aliphatic heterocycles. The van der Waals surface area contributed by atoms with Crippen LogP contribution in [0.4, 0.5) is 0 Å². The monoisotopic (exact) mass is 406 g/mol. The van der Waals surface area contributed by atoms with E-state index < -0.39 is 0 Å². The normalized spacial score (nSPS) is 18.9. The van der Waals surface area contributed by atoms with Crippen LogP contribution in [0.2, 0.25) is 0 Å². The second-order valence-corrected chi connectivity index (χ2v) is 8.96. The Bertz CT molecular complexity index is 752. The highest BCUT2D eigenvalue weighted by Crippen LogP contribution is 2.33. The Morgan fingerprint density at radius 1 is 0.800 bits per heavy atom. The molecule has 30 heavy (non-hydrogen) atoms. The van der Waals surface area contributed by atoms with Gasteiger partial charge < -0.3 is 4.74 Å². The molecule has 1 aliphatic carbocycles. The predicted octanol–water partition coefficient (Wildman–Crippen LogP) is 7.99. The highest BCUT2D eigenvalue weighted by molar-refractivity contribution is 5.75. The van der Waals surface area contributed by atoms with Crippen LogP contribution in [0.5, 0.6) is 5.75 Å². The van der Waals surface area contributed by atoms with Gasteiger partial charge >= 0.3 is 5.97 Å². The molecule has 1 fully saturated rings. The lowest BCUT2D eigenvalue weighted by atomic mass is 9.80. The summed E-state index contributed by atoms with van der Waals surface area (Å²) in [5.74, 6) is 1.50. The fourth-order valence-corrected chi connectivity index (χ4v) is 4.54. The number of hydrogen-bond acceptors (Lipinski definition) is 2. The molecule has 2 heteroatoms. The van der Waals surface area contributed by atoms with Crippen LogP contribution in [0.1, 0.15) is 83.6 Å². The summed E-state index contributed by atoms with van der Waals surface area (Å²) in [7, 11) is 0. The summed E-state index contributed by atoms with van der Waals surface area (Å²) >= 11 is 0. The molecule has 0 spiro atoms. The van der Waals surface area contributed by atoms with Crippen molar-refractivity contribution in [3.8, 4) is 16.9 Å². The largest absolute Gasteiger partial charge is 0.426 e. The zero-order valence-corrected chi connectivity index (χ0v) is 18.9. The molecule has 2 nitrogen and oxygen atoms in total. The summed E-state index contributed by atoms with van der Waals surface area (Å²) < 4.78 is 5.70. The molecule has 0 N–H and O–H groups in total. The van der Waals surface area contributed by atoms with E-state index in [4.69, 9.17) is 4.74 Å². The lowest BCUT2D eigenvalue weighted by Gasteiger charge is -2.27. The summed E-state index contributed by atoms with van der Waals surface area (Å²) in [6.07, 6.45) is 13.2. The zero-order chi connectivity index (χ0) is 21.2. The first kappa shape index (κ1) is 22.6. The number of ether oxygens (including phenoxy) is 1. The van der Waals surface area contributed by atoms with Gasteiger partial charge in [0.15, 0.2) is 0 Å². The zero-order valence-electron chi connectivity index (χ0n) is 18.9. The van der Waals surface area contributed by atoms with E-state index in [2.05, 4.69) is 50.2 Å². The molecule has 2 aromatic carbocycles. The van der Waals surface area contributed by atoms with Crippen LogP contribution >= 0.6 is 0 Å². The van der Waals surface area contributed by atoms with Gasteiger partial charge in [-0.3, -0.25) is 4.79 Å². The number of rotatable bonds is 10. The standard InChI is InChI=1S/C28H38O2/c1-3-5-7-9-23-10-14-24(15-11-23)25-18-20-27(21-19-25)30-28(29)26-16-12-22(13-17-26)8-6-4-2/h10-11,14-15,18-22,26H,3-9,12-13,16-17H2,1-2H3. The first-order chi connectivity index (χ1) is 14.7. The first-order valence-electron chi connectivity index (χ1n) is 12.1. The molecule has 0 saturated heterocycles. The maximum Gasteiger partial charge on any atom is 0.314 e. The Labute approximate surface area is 183 Å². The van der Waals surface area contributed by atoms with E-state index >= 15 is 0 Å². The molecule has 0 amide bonds. The number of carbonyl (C=O) groups excluding carboxylic acids is 1. The Morgan fingerprint density at radius 3 is 2.00 bits per heavy atom. The first-order valence-corrected chi connectivity index (χ1v) is 12.1. The minimum Gasteiger partial charge on any atom is -0.426 e. The van der Waals surface area contributed by atoms with Crippen molar-refractivity contribution < 1.29 is 9.53 Å². The van der Waals surface area contributed by atoms with Gasteiger partial charge in [-0.15, -0.1) is 0 Å². The van der Waals surface area contributed by atoms with Crippen LogP contribution in [0.3, 0.4) is 0 Å². The molecule has 3 rings (SSSR count). The lowest BCUT2D eigenvalue weighted by Crippen LogP contribution is -2.25. The van der Waals surface area contributed by atoms with E-state index in [0.29, 0.717) is 5.75 Å². The number of hydrogen-bond donors (Lipinski definition) is 0. The van der Waals surface area contributed by atoms with E-state index in [-0.39, 0.29) is 11.9 Å². The van der Waals surface area contributed by atoms with Gasteiger partial charge in [0.1, 0.15) is 5.75 Å². The highest BCUT2D eigenvalue weighted by Gasteiger charge is 2.27. The van der Waals surface area contributed by atoms with Gasteiger partial charge in [-0.2, -0.15) is 0 Å². The Balaban J connectivity index is 1.49. The van der Waals surface area contributed by atoms with Gasteiger partial charge in [-0.05, 0) is 73.3 Å². The number of esters is 1. The molecule has 162 valence electrons. The number of benzene rings is 2. The number of unbranched alkanes of at least 4 members (excludes halogenated alkanes) is 3. The second-order valence-electron chi connectivity index (χ2n) is 8.96. The summed E-state index contributed by atoms with van der Waals surface area (Å²) in [6, 6.07) is 16.8. The van der Waals surface area contributed by atoms with Gasteiger partial charge in [-0.25, -0.2) is 0 Å². The van der Waals surface area contributed by atoms with Crippen molar-refractivity contribution in [2.24, 2.45) is 11.8 Å². The fourth-order valence-electron chi connectivity index (χ4n) is 4.54. The van der Waals surface area contributed by atoms with E-state index in [1.165, 1.54) is 62.5 Å². The summed E-state index contributed by atoms with van der Waals surface area (Å²) in [5.41, 5.74) is 3.77. The lowest BCUT2D eigenvalue weighted by molar-refractivity contribution is -0.140. The van der Waals surface area contributed by atoms with E-state index in [0.717, 1.165) is 30.7 Å². The van der Waals surface area contributed by atoms with Crippen LogP contribution in [0, 0.1) is 11.8 Å². The van der Waals surface area contributed by atoms with E-state index in [1.807, 2.05) is 12.1 Å². The Kier molecular flexibility index (Phi) is 8.99. The summed E-state index contributed by atoms with van der Waals surface area (Å²) in [5, 5.41) is 0. The van der Waals surface area contributed by atoms with Crippen LogP contribution in [0.15, 0.2) is 48.5 Å². The van der Waals surface area contributed by atoms with Crippen molar-refractivity contribution in [1.29, 1.82) is 0 Å². The van der Waals surface area contributed by atoms with Gasteiger partial charge in [0.25, 0.3) is 0 Å². The molecule has 0 heterocycles. The highest BCUT2D eigenvalue weighted by atomic mass is 16.5. The van der Waals surface area contributed by atoms with Crippen LogP contribution < -0.4 is 4.74 Å². The minimum atomic E-state index is -0.0480. The van der Waals surface area contributed by atoms with Crippen molar-refractivity contribution in [3.05, 3.63) is 54.1 Å². The van der Waals surface area contributed by atoms with Crippen molar-refractivity contribution in [3.63, 3.8) is 0 Å². The Hall–Kier alpha value is -2.09. The molecular weight excluding hydrogens is 368 g/mol. The van der Waals surface area contributed by atoms with Gasteiger partial charge in [0.05, 0.1) is 5.92 Å². The second kappa shape index (κ2) is 11.9. The third-order valence-electron chi connectivity index (χ3n) is 6.58. The van der Waals surface area contributed by atoms with Crippen LogP contribution in [-0.2, 0) is 11.2 Å². The molecule has 0 atom stereocenters. The molecule has 0 bridgehead atoms. The average Bonchev–Trinajstić information content (AvgIpc) is 2.79. The molecule has 1 aliphatic rings. The number of aryl methyl sites for hydroxylation is 1. The SMILES string of the molecule is CCCCCc1ccc(-c2ccc(OC(=O)C3CCC(CCCC)CC3)cc2)cc1. The predicted molar refractivity (Wildman–Crippen MR) is 126 cm³/mol. The summed E-state index contributed by atoms with van der Waals surface area (Å²) in [6.45, 7) is 4.49. The quantitative estimate of drug-likeness (QED) is 0.227. The number of carbonyl (C=O) groups is 1. The minimum absolute atomic E-state index is 0.0480. The summed E-state index contributed by atoms with van der Waals surface area (Å²) in [4.78, 5) is 12.6. The van der Waals surface area contributed by atoms with Gasteiger partial charge in [0.2, 0.25) is 0 Å². The molecule has 0 aromatic heterocycles. The van der Waals surface area contributed by atoms with Crippen LogP contribution in [-0.4, -0.2) is 5.97 Å². The third-order valence-corrected chi connectivity index (χ3v) is 6.58. The van der Waals surface area contributed by atoms with Crippen molar-refractivity contribution >= 4 is 5.97 Å². The molecule has 0 unspecified atom stereocenters. The van der Waals surface area contributed by atoms with Crippen molar-refractivity contribution in [1.82, 2.24) is 0 Å². The van der Waals surface area contributed by atoms with Gasteiger partial charge in [-0.1, -0.05) is 82.3 Å². The molecular formula is C28H38O2. The van der Waals surface area contributed by atoms with Crippen molar-refractivity contribution in [2.75, 3.05) is 0 Å². The van der Waals surface area contributed by atoms with E-state index in [9.17, 15) is 4.79 Å². The van der Waals surface area contributed by atoms with E-state index in [1.54, 1.807) is 0 Å². The molecule has 2 aromatic rings. The smallest absolute Gasteiger partial charge is 0.314 e. The average molecular weight is 407 g/mol.